The molecule has 1 aromatic carbocycles. The normalized spacial score (nSPS) is 13.3. The molecule has 22 heavy (non-hydrogen) atoms. The number of halogens is 1. The predicted molar refractivity (Wildman–Crippen MR) is 83.1 cm³/mol. The van der Waals surface area contributed by atoms with Crippen molar-refractivity contribution in [1.29, 1.82) is 0 Å². The number of nitrogens with one attached hydrogen (secondary N) is 2. The Bertz CT molecular complexity index is 756. The molecular formula is C16H13FN4O. The van der Waals surface area contributed by atoms with Crippen molar-refractivity contribution in [1.82, 2.24) is 10.3 Å². The topological polar surface area (TPSA) is 66.4 Å². The summed E-state index contributed by atoms with van der Waals surface area (Å²) in [6, 6.07) is 8.92. The number of carbonyl (C=O) groups is 1. The highest BCUT2D eigenvalue weighted by molar-refractivity contribution is 6.28. The summed E-state index contributed by atoms with van der Waals surface area (Å²) in [5.41, 5.74) is 2.15. The third-order valence-electron chi connectivity index (χ3n) is 3.11. The van der Waals surface area contributed by atoms with E-state index in [2.05, 4.69) is 20.6 Å². The highest BCUT2D eigenvalue weighted by Crippen LogP contribution is 2.18. The zero-order valence-electron chi connectivity index (χ0n) is 11.6. The Hall–Kier alpha value is -3.02. The molecule has 0 bridgehead atoms. The van der Waals surface area contributed by atoms with Gasteiger partial charge in [0.05, 0.1) is 6.54 Å². The summed E-state index contributed by atoms with van der Waals surface area (Å²) in [4.78, 5) is 20.2. The second kappa shape index (κ2) is 6.17. The minimum atomic E-state index is -0.466. The zero-order valence-corrected chi connectivity index (χ0v) is 11.6. The first-order valence-corrected chi connectivity index (χ1v) is 6.71. The van der Waals surface area contributed by atoms with Crippen LogP contribution in [0.5, 0.6) is 0 Å². The number of aliphatic imine (C=N–C) groups is 1. The van der Waals surface area contributed by atoms with Crippen LogP contribution >= 0.6 is 0 Å². The van der Waals surface area contributed by atoms with Gasteiger partial charge in [-0.15, -0.1) is 0 Å². The van der Waals surface area contributed by atoms with Gasteiger partial charge in [0.25, 0.3) is 0 Å². The second-order valence-electron chi connectivity index (χ2n) is 4.63. The van der Waals surface area contributed by atoms with E-state index in [-0.39, 0.29) is 0 Å². The van der Waals surface area contributed by atoms with Gasteiger partial charge < -0.3 is 5.32 Å². The number of amidine groups is 1. The Morgan fingerprint density at radius 2 is 1.95 bits per heavy atom. The van der Waals surface area contributed by atoms with E-state index in [4.69, 9.17) is 0 Å². The van der Waals surface area contributed by atoms with Crippen molar-refractivity contribution in [2.45, 2.75) is 0 Å². The lowest BCUT2D eigenvalue weighted by Gasteiger charge is -2.10. The number of rotatable bonds is 2. The number of hydrogen-bond acceptors (Lipinski definition) is 3. The van der Waals surface area contributed by atoms with E-state index in [1.165, 1.54) is 18.2 Å². The maximum absolute atomic E-state index is 13.1. The van der Waals surface area contributed by atoms with Gasteiger partial charge in [0.15, 0.2) is 0 Å². The molecule has 5 nitrogen and oxygen atoms in total. The molecule has 2 aromatic rings. The molecule has 0 unspecified atom stereocenters. The Labute approximate surface area is 126 Å². The van der Waals surface area contributed by atoms with Gasteiger partial charge in [0, 0.05) is 23.7 Å². The minimum Gasteiger partial charge on any atom is -0.308 e. The zero-order chi connectivity index (χ0) is 15.4. The first kappa shape index (κ1) is 13.9. The monoisotopic (exact) mass is 296 g/mol. The van der Waals surface area contributed by atoms with Crippen LogP contribution in [0.15, 0.2) is 59.9 Å². The van der Waals surface area contributed by atoms with Crippen LogP contribution < -0.4 is 10.6 Å². The molecule has 2 amide bonds. The van der Waals surface area contributed by atoms with E-state index < -0.39 is 11.8 Å². The third kappa shape index (κ3) is 3.17. The summed E-state index contributed by atoms with van der Waals surface area (Å²) < 4.78 is 13.1. The molecule has 0 radical (unpaired) electrons. The summed E-state index contributed by atoms with van der Waals surface area (Å²) >= 11 is 0. The van der Waals surface area contributed by atoms with Gasteiger partial charge in [-0.05, 0) is 35.9 Å². The molecule has 0 atom stereocenters. The van der Waals surface area contributed by atoms with Crippen molar-refractivity contribution in [3.63, 3.8) is 0 Å². The van der Waals surface area contributed by atoms with Crippen LogP contribution in [0.1, 0.15) is 5.56 Å². The minimum absolute atomic E-state index is 0.380. The molecule has 0 spiro atoms. The first-order valence-electron chi connectivity index (χ1n) is 6.71. The molecular weight excluding hydrogens is 283 g/mol. The van der Waals surface area contributed by atoms with Crippen LogP contribution in [-0.2, 0) is 0 Å². The average Bonchev–Trinajstić information content (AvgIpc) is 2.96. The van der Waals surface area contributed by atoms with Gasteiger partial charge in [0.2, 0.25) is 0 Å². The van der Waals surface area contributed by atoms with E-state index >= 15 is 0 Å². The van der Waals surface area contributed by atoms with Gasteiger partial charge in [-0.2, -0.15) is 0 Å². The lowest BCUT2D eigenvalue weighted by Crippen LogP contribution is -2.34. The molecule has 0 saturated carbocycles. The van der Waals surface area contributed by atoms with Gasteiger partial charge in [-0.1, -0.05) is 12.1 Å². The molecule has 2 N–H and O–H groups in total. The molecule has 2 heterocycles. The first-order chi connectivity index (χ1) is 10.7. The van der Waals surface area contributed by atoms with E-state index in [1.54, 1.807) is 18.5 Å². The van der Waals surface area contributed by atoms with Crippen molar-refractivity contribution < 1.29 is 9.18 Å². The smallest absolute Gasteiger partial charge is 0.308 e. The number of benzene rings is 1. The number of urea groups is 1. The number of nitrogens with zero attached hydrogens (tertiary/aromatic N) is 2. The summed E-state index contributed by atoms with van der Waals surface area (Å²) in [7, 11) is 0. The molecule has 0 fully saturated rings. The number of hydrogen-bond donors (Lipinski definition) is 2. The SMILES string of the molecule is O=C(NC1=NCC=C1c1ccncc1)Nc1cccc(F)c1. The van der Waals surface area contributed by atoms with Crippen molar-refractivity contribution in [3.8, 4) is 0 Å². The van der Waals surface area contributed by atoms with Crippen molar-refractivity contribution in [2.75, 3.05) is 11.9 Å². The Morgan fingerprint density at radius 1 is 1.14 bits per heavy atom. The Balaban J connectivity index is 1.68. The number of anilines is 1. The molecule has 6 heteroatoms. The summed E-state index contributed by atoms with van der Waals surface area (Å²) in [5, 5.41) is 5.26. The fraction of sp³-hybridized carbons (Fsp3) is 0.0625. The maximum atomic E-state index is 13.1. The summed E-state index contributed by atoms with van der Waals surface area (Å²) in [6.45, 7) is 0.507. The van der Waals surface area contributed by atoms with Gasteiger partial charge in [0.1, 0.15) is 11.7 Å². The number of aromatic nitrogens is 1. The van der Waals surface area contributed by atoms with E-state index in [0.29, 0.717) is 18.1 Å². The van der Waals surface area contributed by atoms with Crippen LogP contribution in [0.2, 0.25) is 0 Å². The molecule has 0 saturated heterocycles. The van der Waals surface area contributed by atoms with Crippen molar-refractivity contribution in [3.05, 3.63) is 66.2 Å². The fourth-order valence-corrected chi connectivity index (χ4v) is 2.14. The largest absolute Gasteiger partial charge is 0.324 e. The maximum Gasteiger partial charge on any atom is 0.324 e. The molecule has 1 aromatic heterocycles. The van der Waals surface area contributed by atoms with Crippen molar-refractivity contribution in [2.24, 2.45) is 4.99 Å². The standard InChI is InChI=1S/C16H13FN4O/c17-12-2-1-3-13(10-12)20-16(22)21-15-14(6-9-19-15)11-4-7-18-8-5-11/h1-8,10H,9H2,(H2,19,20,21,22). The van der Waals surface area contributed by atoms with Crippen LogP contribution in [0.25, 0.3) is 5.57 Å². The van der Waals surface area contributed by atoms with Crippen LogP contribution in [0.3, 0.4) is 0 Å². The second-order valence-corrected chi connectivity index (χ2v) is 4.63. The van der Waals surface area contributed by atoms with E-state index in [0.717, 1.165) is 11.1 Å². The van der Waals surface area contributed by atoms with Gasteiger partial charge >= 0.3 is 6.03 Å². The quantitative estimate of drug-likeness (QED) is 0.895. The molecule has 110 valence electrons. The highest BCUT2D eigenvalue weighted by atomic mass is 19.1. The van der Waals surface area contributed by atoms with E-state index in [1.807, 2.05) is 18.2 Å². The lowest BCUT2D eigenvalue weighted by molar-refractivity contribution is 0.256. The lowest BCUT2D eigenvalue weighted by atomic mass is 10.1. The average molecular weight is 296 g/mol. The molecule has 1 aliphatic heterocycles. The van der Waals surface area contributed by atoms with Gasteiger partial charge in [-0.25, -0.2) is 9.18 Å². The Morgan fingerprint density at radius 3 is 2.73 bits per heavy atom. The van der Waals surface area contributed by atoms with Crippen LogP contribution in [0.4, 0.5) is 14.9 Å². The summed E-state index contributed by atoms with van der Waals surface area (Å²) in [5.74, 6) is 0.0773. The van der Waals surface area contributed by atoms with Crippen LogP contribution in [-0.4, -0.2) is 23.4 Å². The third-order valence-corrected chi connectivity index (χ3v) is 3.11. The van der Waals surface area contributed by atoms with Crippen molar-refractivity contribution >= 4 is 23.1 Å². The number of amides is 2. The number of carbonyl (C=O) groups excluding carboxylic acids is 1. The van der Waals surface area contributed by atoms with Gasteiger partial charge in [-0.3, -0.25) is 15.3 Å². The van der Waals surface area contributed by atoms with E-state index in [9.17, 15) is 9.18 Å². The molecule has 1 aliphatic rings. The fourth-order valence-electron chi connectivity index (χ4n) is 2.14. The van der Waals surface area contributed by atoms with Crippen LogP contribution in [0, 0.1) is 5.82 Å². The molecule has 0 aliphatic carbocycles. The number of pyridine rings is 1. The predicted octanol–water partition coefficient (Wildman–Crippen LogP) is 2.84. The highest BCUT2D eigenvalue weighted by Gasteiger charge is 2.16. The summed E-state index contributed by atoms with van der Waals surface area (Å²) in [6.07, 6.45) is 5.28. The Kier molecular flexibility index (Phi) is 3.91. The molecule has 3 rings (SSSR count).